The maximum absolute atomic E-state index is 14.9. The smallest absolute Gasteiger partial charge is 0.376 e. The molecule has 0 radical (unpaired) electrons. The first-order valence-corrected chi connectivity index (χ1v) is 26.4. The molecule has 0 saturated carbocycles. The Morgan fingerprint density at radius 1 is 0.972 bits per heavy atom. The van der Waals surface area contributed by atoms with Gasteiger partial charge in [-0.1, -0.05) is 81.5 Å². The molecule has 5 heterocycles. The van der Waals surface area contributed by atoms with E-state index in [0.29, 0.717) is 42.8 Å². The highest BCUT2D eigenvalue weighted by Gasteiger charge is 2.51. The Kier molecular flexibility index (Phi) is 15.3. The SMILES string of the molecule is CC(C)(C)C(NC(=O)c1cc2cc(C(F)(F)P(=O)(O)O)ccc2s1)C(=O)N1C[C@@H](OCCCCCC#Cc2cccc3c2CN(C2CCC(=O)NC2=O)C3=O)C[C@H]1C(=O)N1CCC[C@H](c2ccccc2)C1. The van der Waals surface area contributed by atoms with Gasteiger partial charge >= 0.3 is 13.3 Å². The normalized spacial score (nSPS) is 21.2. The molecule has 4 aromatic rings. The third-order valence-corrected chi connectivity index (χ3v) is 15.9. The lowest BCUT2D eigenvalue weighted by molar-refractivity contribution is -0.146. The van der Waals surface area contributed by atoms with Crippen LogP contribution in [0.1, 0.15) is 127 Å². The molecule has 1 aromatic heterocycles. The summed E-state index contributed by atoms with van der Waals surface area (Å²) in [6, 6.07) is 17.2. The van der Waals surface area contributed by atoms with E-state index < -0.39 is 66.2 Å². The molecule has 15 nitrogen and oxygen atoms in total. The van der Waals surface area contributed by atoms with Crippen molar-refractivity contribution >= 4 is 64.5 Å². The Labute approximate surface area is 414 Å². The highest BCUT2D eigenvalue weighted by molar-refractivity contribution is 7.52. The van der Waals surface area contributed by atoms with Crippen molar-refractivity contribution in [3.05, 3.63) is 105 Å². The Hall–Kier alpha value is -5.83. The number of ether oxygens (including phenoxy) is 1. The van der Waals surface area contributed by atoms with Gasteiger partial charge in [-0.15, -0.1) is 11.3 Å². The van der Waals surface area contributed by atoms with Crippen molar-refractivity contribution in [2.45, 2.75) is 121 Å². The zero-order valence-electron chi connectivity index (χ0n) is 39.8. The average molecular weight is 1010 g/mol. The number of thiophene rings is 1. The lowest BCUT2D eigenvalue weighted by Crippen LogP contribution is -2.58. The van der Waals surface area contributed by atoms with Gasteiger partial charge in [0.1, 0.15) is 18.1 Å². The summed E-state index contributed by atoms with van der Waals surface area (Å²) in [5.41, 5.74) is -3.05. The standard InChI is InChI=1S/C52H58F2N5O10PS/c1-51(2,3)45(56-47(62)43-27-35-26-36(20-22-42(35)71-43)52(53,54)70(66,67)68)50(65)58-30-37(28-41(58)49(64)57-24-13-18-34(29-57)32-14-9-7-10-15-32)69-25-11-6-4-5-8-16-33-17-12-19-38-39(33)31-59(48(38)63)40-21-23-44(60)55-46(40)61/h7,9-10,12,14-15,17,19-20,22,26-27,34,37,40-41,45H,4-6,11,13,18,21,23-25,28-31H2,1-3H3,(H,56,62)(H,55,60,61)(H2,66,67,68)/t34-,37-,40?,41-,45?/m0/s1. The molecule has 2 unspecified atom stereocenters. The number of fused-ring (bicyclic) bond motifs is 2. The monoisotopic (exact) mass is 1010 g/mol. The summed E-state index contributed by atoms with van der Waals surface area (Å²) >= 11 is 0.981. The molecule has 3 saturated heterocycles. The van der Waals surface area contributed by atoms with Crippen molar-refractivity contribution < 1.29 is 56.6 Å². The number of piperidine rings is 2. The lowest BCUT2D eigenvalue weighted by atomic mass is 9.85. The van der Waals surface area contributed by atoms with E-state index in [2.05, 4.69) is 34.6 Å². The summed E-state index contributed by atoms with van der Waals surface area (Å²) in [4.78, 5) is 104. The van der Waals surface area contributed by atoms with E-state index in [1.54, 1.807) is 32.9 Å². The Morgan fingerprint density at radius 3 is 2.48 bits per heavy atom. The van der Waals surface area contributed by atoms with Crippen LogP contribution in [0.3, 0.4) is 0 Å². The van der Waals surface area contributed by atoms with Crippen LogP contribution < -0.4 is 10.6 Å². The van der Waals surface area contributed by atoms with Crippen molar-refractivity contribution in [3.63, 3.8) is 0 Å². The minimum Gasteiger partial charge on any atom is -0.376 e. The lowest BCUT2D eigenvalue weighted by Gasteiger charge is -2.38. The highest BCUT2D eigenvalue weighted by Crippen LogP contribution is 2.59. The average Bonchev–Trinajstić information content (AvgIpc) is 4.06. The first kappa shape index (κ1) is 51.5. The fourth-order valence-corrected chi connectivity index (χ4v) is 11.3. The second kappa shape index (κ2) is 21.1. The predicted molar refractivity (Wildman–Crippen MR) is 261 cm³/mol. The van der Waals surface area contributed by atoms with Gasteiger partial charge in [-0.2, -0.15) is 8.78 Å². The van der Waals surface area contributed by atoms with Gasteiger partial charge in [-0.25, -0.2) is 0 Å². The van der Waals surface area contributed by atoms with E-state index in [1.807, 2.05) is 29.2 Å². The van der Waals surface area contributed by atoms with Crippen LogP contribution in [-0.4, -0.2) is 110 Å². The second-order valence-corrected chi connectivity index (χ2v) is 22.6. The molecule has 4 aliphatic rings. The van der Waals surface area contributed by atoms with Gasteiger partial charge in [0, 0.05) is 79.4 Å². The van der Waals surface area contributed by atoms with Crippen LogP contribution in [-0.2, 0) is 40.7 Å². The number of nitrogens with zero attached hydrogens (tertiary/aromatic N) is 3. The van der Waals surface area contributed by atoms with E-state index >= 15 is 0 Å². The van der Waals surface area contributed by atoms with Crippen LogP contribution in [0.15, 0.2) is 72.8 Å². The van der Waals surface area contributed by atoms with Crippen molar-refractivity contribution in [1.29, 1.82) is 0 Å². The van der Waals surface area contributed by atoms with Gasteiger partial charge in [0.25, 0.3) is 11.8 Å². The molecule has 0 bridgehead atoms. The number of halogens is 2. The van der Waals surface area contributed by atoms with Crippen LogP contribution >= 0.6 is 18.9 Å². The first-order chi connectivity index (χ1) is 33.7. The van der Waals surface area contributed by atoms with Gasteiger partial charge in [0.15, 0.2) is 0 Å². The van der Waals surface area contributed by atoms with E-state index in [0.717, 1.165) is 65.8 Å². The van der Waals surface area contributed by atoms with Crippen molar-refractivity contribution in [2.75, 3.05) is 26.2 Å². The van der Waals surface area contributed by atoms with E-state index in [9.17, 15) is 51.9 Å². The topological polar surface area (TPSA) is 203 Å². The Balaban J connectivity index is 0.912. The molecule has 8 rings (SSSR count). The van der Waals surface area contributed by atoms with Crippen LogP contribution in [0.2, 0.25) is 0 Å². The molecule has 5 atom stereocenters. The second-order valence-electron chi connectivity index (χ2n) is 19.8. The number of hydrogen-bond donors (Lipinski definition) is 4. The zero-order valence-corrected chi connectivity index (χ0v) is 41.5. The van der Waals surface area contributed by atoms with E-state index in [4.69, 9.17) is 4.74 Å². The summed E-state index contributed by atoms with van der Waals surface area (Å²) < 4.78 is 47.5. The molecule has 4 aliphatic heterocycles. The van der Waals surface area contributed by atoms with Gasteiger partial charge in [-0.05, 0) is 84.4 Å². The van der Waals surface area contributed by atoms with Crippen molar-refractivity contribution in [1.82, 2.24) is 25.3 Å². The minimum atomic E-state index is -5.83. The number of likely N-dealkylation sites (tertiary alicyclic amines) is 2. The maximum atomic E-state index is 14.9. The number of rotatable bonds is 14. The minimum absolute atomic E-state index is 0.0960. The van der Waals surface area contributed by atoms with Gasteiger partial charge in [0.2, 0.25) is 23.6 Å². The number of benzene rings is 3. The molecule has 0 aliphatic carbocycles. The number of alkyl halides is 2. The Bertz CT molecular complexity index is 2840. The Morgan fingerprint density at radius 2 is 1.75 bits per heavy atom. The number of nitrogens with one attached hydrogen (secondary N) is 2. The number of hydrogen-bond acceptors (Lipinski definition) is 9. The zero-order chi connectivity index (χ0) is 50.8. The fourth-order valence-electron chi connectivity index (χ4n) is 9.91. The molecule has 6 amide bonds. The number of unbranched alkanes of at least 4 members (excludes halogenated alkanes) is 3. The first-order valence-electron chi connectivity index (χ1n) is 24.0. The fraction of sp³-hybridized carbons (Fsp3) is 0.462. The molecule has 71 heavy (non-hydrogen) atoms. The summed E-state index contributed by atoms with van der Waals surface area (Å²) in [6.45, 7) is 7.14. The molecule has 0 spiro atoms. The summed E-state index contributed by atoms with van der Waals surface area (Å²) in [6.07, 6.45) is 4.80. The largest absolute Gasteiger partial charge is 0.399 e. The van der Waals surface area contributed by atoms with Crippen LogP contribution in [0.5, 0.6) is 0 Å². The summed E-state index contributed by atoms with van der Waals surface area (Å²) in [5.74, 6) is 4.19. The molecule has 19 heteroatoms. The number of carbonyl (C=O) groups is 6. The highest BCUT2D eigenvalue weighted by atomic mass is 32.1. The van der Waals surface area contributed by atoms with E-state index in [-0.39, 0.29) is 66.3 Å². The molecule has 376 valence electrons. The van der Waals surface area contributed by atoms with Crippen LogP contribution in [0, 0.1) is 17.3 Å². The quantitative estimate of drug-likeness (QED) is 0.0439. The predicted octanol–water partition coefficient (Wildman–Crippen LogP) is 7.04. The van der Waals surface area contributed by atoms with Gasteiger partial charge < -0.3 is 34.5 Å². The third-order valence-electron chi connectivity index (χ3n) is 13.8. The van der Waals surface area contributed by atoms with Crippen molar-refractivity contribution in [2.24, 2.45) is 5.41 Å². The van der Waals surface area contributed by atoms with Crippen LogP contribution in [0.25, 0.3) is 10.1 Å². The van der Waals surface area contributed by atoms with E-state index in [1.165, 1.54) is 21.9 Å². The molecule has 3 aromatic carbocycles. The molecular formula is C52H58F2N5O10PS. The summed E-state index contributed by atoms with van der Waals surface area (Å²) in [7, 11) is -5.83. The molecule has 4 N–H and O–H groups in total. The van der Waals surface area contributed by atoms with Crippen molar-refractivity contribution in [3.8, 4) is 11.8 Å². The number of amides is 6. The maximum Gasteiger partial charge on any atom is 0.399 e. The van der Waals surface area contributed by atoms with Gasteiger partial charge in [0.05, 0.1) is 11.0 Å². The van der Waals surface area contributed by atoms with Gasteiger partial charge in [-0.3, -0.25) is 38.6 Å². The molecular weight excluding hydrogens is 956 g/mol. The number of carbonyl (C=O) groups excluding carboxylic acids is 6. The van der Waals surface area contributed by atoms with Crippen LogP contribution in [0.4, 0.5) is 8.78 Å². The summed E-state index contributed by atoms with van der Waals surface area (Å²) in [5, 5.41) is 5.37. The molecule has 3 fully saturated rings. The number of imide groups is 1. The third kappa shape index (κ3) is 11.3.